The molecule has 0 aliphatic rings. The Morgan fingerprint density at radius 3 is 2.73 bits per heavy atom. The van der Waals surface area contributed by atoms with E-state index in [4.69, 9.17) is 4.74 Å². The van der Waals surface area contributed by atoms with Gasteiger partial charge in [-0.25, -0.2) is 4.39 Å². The summed E-state index contributed by atoms with van der Waals surface area (Å²) in [7, 11) is 3.19. The Hall–Kier alpha value is -2.47. The number of benzene rings is 2. The van der Waals surface area contributed by atoms with Crippen LogP contribution in [0.15, 0.2) is 47.5 Å². The molecule has 1 aromatic heterocycles. The van der Waals surface area contributed by atoms with E-state index in [0.717, 1.165) is 4.70 Å². The van der Waals surface area contributed by atoms with E-state index in [9.17, 15) is 9.18 Å². The van der Waals surface area contributed by atoms with Crippen LogP contribution >= 0.6 is 11.3 Å². The van der Waals surface area contributed by atoms with Gasteiger partial charge in [-0.1, -0.05) is 29.5 Å². The molecule has 0 saturated carbocycles. The van der Waals surface area contributed by atoms with Gasteiger partial charge < -0.3 is 9.30 Å². The number of amides is 1. The fraction of sp³-hybridized carbons (Fsp3) is 0.125. The summed E-state index contributed by atoms with van der Waals surface area (Å²) in [6.07, 6.45) is 0. The van der Waals surface area contributed by atoms with Crippen molar-refractivity contribution in [3.05, 3.63) is 58.6 Å². The van der Waals surface area contributed by atoms with Crippen molar-refractivity contribution in [1.29, 1.82) is 0 Å². The van der Waals surface area contributed by atoms with Gasteiger partial charge >= 0.3 is 0 Å². The number of carbonyl (C=O) groups is 1. The largest absolute Gasteiger partial charge is 0.496 e. The number of halogens is 1. The van der Waals surface area contributed by atoms with Gasteiger partial charge in [-0.2, -0.15) is 4.99 Å². The minimum Gasteiger partial charge on any atom is -0.496 e. The topological polar surface area (TPSA) is 43.6 Å². The van der Waals surface area contributed by atoms with Crippen molar-refractivity contribution in [3.8, 4) is 5.75 Å². The van der Waals surface area contributed by atoms with E-state index >= 15 is 0 Å². The first-order valence-electron chi connectivity index (χ1n) is 6.58. The first-order valence-corrected chi connectivity index (χ1v) is 7.39. The lowest BCUT2D eigenvalue weighted by atomic mass is 10.2. The molecule has 112 valence electrons. The van der Waals surface area contributed by atoms with Crippen molar-refractivity contribution >= 4 is 27.5 Å². The van der Waals surface area contributed by atoms with Gasteiger partial charge in [0.25, 0.3) is 5.91 Å². The molecule has 0 aliphatic carbocycles. The number of rotatable bonds is 2. The molecule has 3 aromatic rings. The highest BCUT2D eigenvalue weighted by atomic mass is 32.1. The molecule has 6 heteroatoms. The van der Waals surface area contributed by atoms with Crippen LogP contribution in [-0.2, 0) is 7.05 Å². The number of ether oxygens (including phenoxy) is 1. The van der Waals surface area contributed by atoms with Crippen molar-refractivity contribution in [3.63, 3.8) is 0 Å². The standard InChI is InChI=1S/C16H13FN2O2S/c1-19-14-11(17)7-5-9-13(14)22-16(19)18-15(20)10-6-3-4-8-12(10)21-2/h3-9H,1-2H3. The smallest absolute Gasteiger partial charge is 0.283 e. The summed E-state index contributed by atoms with van der Waals surface area (Å²) in [6, 6.07) is 11.7. The van der Waals surface area contributed by atoms with Gasteiger partial charge in [0.15, 0.2) is 4.80 Å². The van der Waals surface area contributed by atoms with Crippen LogP contribution in [0.5, 0.6) is 5.75 Å². The number of nitrogens with zero attached hydrogens (tertiary/aromatic N) is 2. The third kappa shape index (κ3) is 2.42. The molecule has 0 radical (unpaired) electrons. The maximum absolute atomic E-state index is 13.9. The molecule has 0 saturated heterocycles. The van der Waals surface area contributed by atoms with E-state index in [1.165, 1.54) is 24.5 Å². The monoisotopic (exact) mass is 316 g/mol. The Kier molecular flexibility index (Phi) is 3.77. The van der Waals surface area contributed by atoms with Crippen LogP contribution in [0.1, 0.15) is 10.4 Å². The second-order valence-corrected chi connectivity index (χ2v) is 5.66. The van der Waals surface area contributed by atoms with Crippen LogP contribution in [0.3, 0.4) is 0 Å². The number of hydrogen-bond acceptors (Lipinski definition) is 3. The summed E-state index contributed by atoms with van der Waals surface area (Å²) in [5.74, 6) is -0.284. The van der Waals surface area contributed by atoms with E-state index in [1.807, 2.05) is 0 Å². The van der Waals surface area contributed by atoms with Crippen LogP contribution in [0.4, 0.5) is 4.39 Å². The van der Waals surface area contributed by atoms with Gasteiger partial charge in [0.2, 0.25) is 0 Å². The van der Waals surface area contributed by atoms with E-state index in [-0.39, 0.29) is 5.82 Å². The number of aromatic nitrogens is 1. The molecule has 0 N–H and O–H groups in total. The van der Waals surface area contributed by atoms with Gasteiger partial charge in [-0.05, 0) is 24.3 Å². The van der Waals surface area contributed by atoms with Crippen LogP contribution in [0.2, 0.25) is 0 Å². The number of aryl methyl sites for hydroxylation is 1. The van der Waals surface area contributed by atoms with E-state index < -0.39 is 5.91 Å². The zero-order valence-corrected chi connectivity index (χ0v) is 12.9. The van der Waals surface area contributed by atoms with Crippen LogP contribution < -0.4 is 9.54 Å². The second kappa shape index (κ2) is 5.73. The quantitative estimate of drug-likeness (QED) is 0.729. The third-order valence-electron chi connectivity index (χ3n) is 3.31. The zero-order chi connectivity index (χ0) is 15.7. The number of methoxy groups -OCH3 is 1. The molecule has 0 atom stereocenters. The lowest BCUT2D eigenvalue weighted by Crippen LogP contribution is -2.14. The van der Waals surface area contributed by atoms with Crippen LogP contribution in [0, 0.1) is 5.82 Å². The molecule has 4 nitrogen and oxygen atoms in total. The van der Waals surface area contributed by atoms with Crippen molar-refractivity contribution in [2.24, 2.45) is 12.0 Å². The Balaban J connectivity index is 2.15. The number of fused-ring (bicyclic) bond motifs is 1. The normalized spacial score (nSPS) is 11.9. The minimum atomic E-state index is -0.417. The highest BCUT2D eigenvalue weighted by Gasteiger charge is 2.12. The first-order chi connectivity index (χ1) is 10.6. The van der Waals surface area contributed by atoms with Gasteiger partial charge in [0.05, 0.1) is 22.9 Å². The summed E-state index contributed by atoms with van der Waals surface area (Å²) >= 11 is 1.27. The number of hydrogen-bond donors (Lipinski definition) is 0. The summed E-state index contributed by atoms with van der Waals surface area (Å²) in [6.45, 7) is 0. The van der Waals surface area contributed by atoms with Crippen molar-refractivity contribution in [2.75, 3.05) is 7.11 Å². The fourth-order valence-electron chi connectivity index (χ4n) is 2.23. The van der Waals surface area contributed by atoms with Gasteiger partial charge in [-0.15, -0.1) is 0 Å². The maximum Gasteiger partial charge on any atom is 0.283 e. The minimum absolute atomic E-state index is 0.331. The summed E-state index contributed by atoms with van der Waals surface area (Å²) in [4.78, 5) is 16.9. The molecular formula is C16H13FN2O2S. The SMILES string of the molecule is COc1ccccc1C(=O)N=c1sc2cccc(F)c2n1C. The molecule has 2 aromatic carbocycles. The molecule has 22 heavy (non-hydrogen) atoms. The Morgan fingerprint density at radius 2 is 2.00 bits per heavy atom. The van der Waals surface area contributed by atoms with Gasteiger partial charge in [0, 0.05) is 7.05 Å². The highest BCUT2D eigenvalue weighted by Crippen LogP contribution is 2.20. The van der Waals surface area contributed by atoms with Gasteiger partial charge in [-0.3, -0.25) is 4.79 Å². The summed E-state index contributed by atoms with van der Waals surface area (Å²) < 4.78 is 21.4. The van der Waals surface area contributed by atoms with E-state index in [2.05, 4.69) is 4.99 Å². The van der Waals surface area contributed by atoms with E-state index in [0.29, 0.717) is 21.6 Å². The summed E-state index contributed by atoms with van der Waals surface area (Å²) in [5.41, 5.74) is 0.821. The molecule has 3 rings (SSSR count). The summed E-state index contributed by atoms with van der Waals surface area (Å²) in [5, 5.41) is 0. The van der Waals surface area contributed by atoms with Crippen molar-refractivity contribution in [1.82, 2.24) is 4.57 Å². The Labute approximate surface area is 130 Å². The zero-order valence-electron chi connectivity index (χ0n) is 12.0. The number of thiazole rings is 1. The van der Waals surface area contributed by atoms with Gasteiger partial charge in [0.1, 0.15) is 11.6 Å². The second-order valence-electron chi connectivity index (χ2n) is 4.65. The molecule has 0 fully saturated rings. The lowest BCUT2D eigenvalue weighted by molar-refractivity contribution is 0.0995. The third-order valence-corrected chi connectivity index (χ3v) is 4.40. The molecular weight excluding hydrogens is 303 g/mol. The average Bonchev–Trinajstić information content (AvgIpc) is 2.84. The Morgan fingerprint density at radius 1 is 1.23 bits per heavy atom. The van der Waals surface area contributed by atoms with Crippen LogP contribution in [0.25, 0.3) is 10.2 Å². The van der Waals surface area contributed by atoms with Crippen molar-refractivity contribution in [2.45, 2.75) is 0 Å². The predicted molar refractivity (Wildman–Crippen MR) is 83.6 cm³/mol. The number of carbonyl (C=O) groups excluding carboxylic acids is 1. The molecule has 1 heterocycles. The fourth-order valence-corrected chi connectivity index (χ4v) is 3.26. The molecule has 0 spiro atoms. The number of para-hydroxylation sites is 2. The maximum atomic E-state index is 13.9. The molecule has 1 amide bonds. The predicted octanol–water partition coefficient (Wildman–Crippen LogP) is 3.13. The first kappa shape index (κ1) is 14.5. The molecule has 0 bridgehead atoms. The Bertz CT molecular complexity index is 927. The molecule has 0 aliphatic heterocycles. The molecule has 0 unspecified atom stereocenters. The van der Waals surface area contributed by atoms with Crippen molar-refractivity contribution < 1.29 is 13.9 Å². The highest BCUT2D eigenvalue weighted by molar-refractivity contribution is 7.16. The van der Waals surface area contributed by atoms with Crippen LogP contribution in [-0.4, -0.2) is 17.6 Å². The average molecular weight is 316 g/mol. The lowest BCUT2D eigenvalue weighted by Gasteiger charge is -2.03. The van der Waals surface area contributed by atoms with E-state index in [1.54, 1.807) is 48.0 Å².